The summed E-state index contributed by atoms with van der Waals surface area (Å²) in [6.45, 7) is 7.61. The molecule has 0 bridgehead atoms. The maximum absolute atomic E-state index is 15.2. The third-order valence-corrected chi connectivity index (χ3v) is 8.80. The van der Waals surface area contributed by atoms with E-state index in [1.54, 1.807) is 6.07 Å². The molecule has 220 valence electrons. The van der Waals surface area contributed by atoms with Gasteiger partial charge in [-0.25, -0.2) is 9.37 Å². The van der Waals surface area contributed by atoms with E-state index in [1.165, 1.54) is 17.8 Å². The van der Waals surface area contributed by atoms with Gasteiger partial charge in [-0.3, -0.25) is 4.79 Å². The molecule has 3 heterocycles. The van der Waals surface area contributed by atoms with Gasteiger partial charge in [-0.1, -0.05) is 62.4 Å². The average molecular weight is 591 g/mol. The number of alkyl halides is 3. The molecule has 1 aromatic heterocycles. The number of amides is 1. The van der Waals surface area contributed by atoms with Crippen LogP contribution >= 0.6 is 11.3 Å². The van der Waals surface area contributed by atoms with Crippen molar-refractivity contribution in [1.82, 2.24) is 10.3 Å². The van der Waals surface area contributed by atoms with Crippen LogP contribution in [0, 0.1) is 5.82 Å². The number of piperidine rings is 1. The second-order valence-electron chi connectivity index (χ2n) is 11.8. The molecule has 2 aliphatic heterocycles. The maximum Gasteiger partial charge on any atom is 0.405 e. The molecule has 0 unspecified atom stereocenters. The van der Waals surface area contributed by atoms with E-state index in [0.717, 1.165) is 22.6 Å². The van der Waals surface area contributed by atoms with Gasteiger partial charge in [0.15, 0.2) is 16.7 Å². The van der Waals surface area contributed by atoms with E-state index in [2.05, 4.69) is 54.9 Å². The Balaban J connectivity index is 1.27. The Morgan fingerprint density at radius 3 is 2.39 bits per heavy atom. The summed E-state index contributed by atoms with van der Waals surface area (Å²) in [6.07, 6.45) is -1.24. The number of hydrogen-bond acceptors (Lipinski definition) is 6. The summed E-state index contributed by atoms with van der Waals surface area (Å²) in [4.78, 5) is 20.7. The SMILES string of the molecule is CC(C)(C)c1ccc(CN2CCC3(CCN(c4ncc(C(=O)NCC(F)(F)F)s4)CC3)Oc3c(F)cccc32)cc1. The monoisotopic (exact) mass is 590 g/mol. The Morgan fingerprint density at radius 2 is 1.73 bits per heavy atom. The molecular weight excluding hydrogens is 556 g/mol. The van der Waals surface area contributed by atoms with Crippen LogP contribution in [0.3, 0.4) is 0 Å². The van der Waals surface area contributed by atoms with E-state index in [4.69, 9.17) is 4.74 Å². The highest BCUT2D eigenvalue weighted by Crippen LogP contribution is 2.43. The zero-order valence-corrected chi connectivity index (χ0v) is 24.2. The molecule has 1 N–H and O–H groups in total. The maximum atomic E-state index is 15.2. The first-order chi connectivity index (χ1) is 19.3. The summed E-state index contributed by atoms with van der Waals surface area (Å²) in [5.74, 6) is -0.928. The summed E-state index contributed by atoms with van der Waals surface area (Å²) >= 11 is 1.06. The van der Waals surface area contributed by atoms with Crippen molar-refractivity contribution < 1.29 is 27.1 Å². The lowest BCUT2D eigenvalue weighted by molar-refractivity contribution is -0.123. The first-order valence-corrected chi connectivity index (χ1v) is 14.5. The van der Waals surface area contributed by atoms with Gasteiger partial charge >= 0.3 is 6.18 Å². The zero-order valence-electron chi connectivity index (χ0n) is 23.4. The van der Waals surface area contributed by atoms with Gasteiger partial charge in [0.2, 0.25) is 0 Å². The smallest absolute Gasteiger partial charge is 0.405 e. The van der Waals surface area contributed by atoms with E-state index in [9.17, 15) is 18.0 Å². The highest BCUT2D eigenvalue weighted by Gasteiger charge is 2.41. The molecule has 1 spiro atoms. The van der Waals surface area contributed by atoms with Crippen LogP contribution < -0.4 is 19.9 Å². The number of fused-ring (bicyclic) bond motifs is 1. The van der Waals surface area contributed by atoms with Crippen molar-refractivity contribution in [3.05, 3.63) is 70.5 Å². The molecule has 1 saturated heterocycles. The summed E-state index contributed by atoms with van der Waals surface area (Å²) in [6, 6.07) is 13.6. The lowest BCUT2D eigenvalue weighted by atomic mass is 9.86. The third kappa shape index (κ3) is 6.77. The van der Waals surface area contributed by atoms with Gasteiger partial charge < -0.3 is 19.9 Å². The lowest BCUT2D eigenvalue weighted by Gasteiger charge is -2.41. The molecule has 2 aromatic carbocycles. The van der Waals surface area contributed by atoms with Crippen LogP contribution in [0.4, 0.5) is 28.4 Å². The minimum absolute atomic E-state index is 0.0612. The summed E-state index contributed by atoms with van der Waals surface area (Å²) in [5.41, 5.74) is 2.62. The standard InChI is InChI=1S/C30H34F4N4O2S/c1-28(2,3)21-9-7-20(8-10-21)18-38-16-13-29(40-25-22(31)5-4-6-23(25)38)11-14-37(15-12-29)27-35-17-24(41-27)26(39)36-19-30(32,33)34/h4-10,17H,11-16,18-19H2,1-3H3,(H,36,39). The van der Waals surface area contributed by atoms with E-state index >= 15 is 4.39 Å². The van der Waals surface area contributed by atoms with Gasteiger partial charge in [0, 0.05) is 45.4 Å². The second kappa shape index (κ2) is 11.2. The topological polar surface area (TPSA) is 57.7 Å². The Labute approximate surface area is 241 Å². The molecule has 2 aliphatic rings. The van der Waals surface area contributed by atoms with Gasteiger partial charge in [-0.15, -0.1) is 0 Å². The molecule has 6 nitrogen and oxygen atoms in total. The van der Waals surface area contributed by atoms with Gasteiger partial charge in [-0.2, -0.15) is 13.2 Å². The van der Waals surface area contributed by atoms with Gasteiger partial charge in [0.25, 0.3) is 5.91 Å². The first-order valence-electron chi connectivity index (χ1n) is 13.7. The molecule has 1 amide bonds. The largest absolute Gasteiger partial charge is 0.482 e. The number of hydrogen-bond donors (Lipinski definition) is 1. The fourth-order valence-electron chi connectivity index (χ4n) is 5.31. The van der Waals surface area contributed by atoms with E-state index in [-0.39, 0.29) is 16.0 Å². The number of nitrogens with zero attached hydrogens (tertiary/aromatic N) is 3. The molecule has 11 heteroatoms. The Kier molecular flexibility index (Phi) is 7.93. The van der Waals surface area contributed by atoms with Gasteiger partial charge in [0.05, 0.1) is 11.9 Å². The summed E-state index contributed by atoms with van der Waals surface area (Å²) in [5, 5.41) is 2.45. The quantitative estimate of drug-likeness (QED) is 0.335. The minimum atomic E-state index is -4.48. The molecule has 0 aliphatic carbocycles. The number of nitrogens with one attached hydrogen (secondary N) is 1. The number of rotatable bonds is 5. The fraction of sp³-hybridized carbons (Fsp3) is 0.467. The average Bonchev–Trinajstić information content (AvgIpc) is 3.36. The fourth-order valence-corrected chi connectivity index (χ4v) is 6.19. The van der Waals surface area contributed by atoms with Crippen molar-refractivity contribution in [2.45, 2.75) is 63.8 Å². The van der Waals surface area contributed by atoms with Crippen LogP contribution in [0.25, 0.3) is 0 Å². The van der Waals surface area contributed by atoms with Crippen molar-refractivity contribution in [2.75, 3.05) is 36.0 Å². The van der Waals surface area contributed by atoms with Crippen LogP contribution in [0.2, 0.25) is 0 Å². The number of aromatic nitrogens is 1. The number of anilines is 2. The third-order valence-electron chi connectivity index (χ3n) is 7.75. The van der Waals surface area contributed by atoms with Gasteiger partial charge in [0.1, 0.15) is 17.0 Å². The number of carbonyl (C=O) groups excluding carboxylic acids is 1. The lowest BCUT2D eigenvalue weighted by Crippen LogP contribution is -2.48. The van der Waals surface area contributed by atoms with Crippen LogP contribution in [0.1, 0.15) is 60.8 Å². The first kappa shape index (κ1) is 29.2. The summed E-state index contributed by atoms with van der Waals surface area (Å²) in [7, 11) is 0. The second-order valence-corrected chi connectivity index (χ2v) is 12.8. The molecule has 1 fully saturated rings. The Morgan fingerprint density at radius 1 is 1.05 bits per heavy atom. The number of para-hydroxylation sites is 1. The number of benzene rings is 2. The Bertz CT molecular complexity index is 1380. The number of halogens is 4. The van der Waals surface area contributed by atoms with Crippen LogP contribution in [0.15, 0.2) is 48.7 Å². The van der Waals surface area contributed by atoms with Crippen molar-refractivity contribution in [2.24, 2.45) is 0 Å². The van der Waals surface area contributed by atoms with Crippen LogP contribution in [0.5, 0.6) is 5.75 Å². The zero-order chi connectivity index (χ0) is 29.4. The number of thiazole rings is 1. The van der Waals surface area contributed by atoms with E-state index in [1.807, 2.05) is 16.3 Å². The van der Waals surface area contributed by atoms with Crippen molar-refractivity contribution in [3.8, 4) is 5.75 Å². The molecule has 41 heavy (non-hydrogen) atoms. The number of carbonyl (C=O) groups is 1. The highest BCUT2D eigenvalue weighted by atomic mass is 32.1. The molecule has 5 rings (SSSR count). The molecular formula is C30H34F4N4O2S. The van der Waals surface area contributed by atoms with Crippen LogP contribution in [-0.2, 0) is 12.0 Å². The van der Waals surface area contributed by atoms with Crippen molar-refractivity contribution >= 4 is 28.1 Å². The molecule has 0 saturated carbocycles. The Hall–Kier alpha value is -3.34. The van der Waals surface area contributed by atoms with Crippen LogP contribution in [-0.4, -0.2) is 48.8 Å². The predicted molar refractivity (Wildman–Crippen MR) is 153 cm³/mol. The van der Waals surface area contributed by atoms with E-state index in [0.29, 0.717) is 50.6 Å². The minimum Gasteiger partial charge on any atom is -0.482 e. The predicted octanol–water partition coefficient (Wildman–Crippen LogP) is 6.70. The molecule has 0 atom stereocenters. The summed E-state index contributed by atoms with van der Waals surface area (Å²) < 4.78 is 59.1. The molecule has 3 aromatic rings. The normalized spacial score (nSPS) is 17.1. The molecule has 0 radical (unpaired) electrons. The van der Waals surface area contributed by atoms with E-state index < -0.39 is 30.0 Å². The van der Waals surface area contributed by atoms with Gasteiger partial charge in [-0.05, 0) is 28.7 Å². The van der Waals surface area contributed by atoms with Crippen molar-refractivity contribution in [3.63, 3.8) is 0 Å². The highest BCUT2D eigenvalue weighted by molar-refractivity contribution is 7.17. The number of ether oxygens (including phenoxy) is 1. The van der Waals surface area contributed by atoms with Crippen molar-refractivity contribution in [1.29, 1.82) is 0 Å².